The molecule has 1 atom stereocenters. The summed E-state index contributed by atoms with van der Waals surface area (Å²) < 4.78 is 18.9. The molecule has 0 bridgehead atoms. The Balaban J connectivity index is 3.18. The second kappa shape index (κ2) is 5.80. The van der Waals surface area contributed by atoms with E-state index in [1.54, 1.807) is 6.92 Å². The summed E-state index contributed by atoms with van der Waals surface area (Å²) in [5.74, 6) is -0.875. The highest BCUT2D eigenvalue weighted by molar-refractivity contribution is 9.10. The van der Waals surface area contributed by atoms with Crippen molar-refractivity contribution in [2.45, 2.75) is 13.3 Å². The lowest BCUT2D eigenvalue weighted by molar-refractivity contribution is 0.0828. The SMILES string of the molecule is [CH2][C@](C)(CCO)C(=O)c1cc(F)c(OC)cc1Br. The van der Waals surface area contributed by atoms with Gasteiger partial charge < -0.3 is 9.84 Å². The summed E-state index contributed by atoms with van der Waals surface area (Å²) >= 11 is 3.21. The van der Waals surface area contributed by atoms with Gasteiger partial charge in [0.1, 0.15) is 0 Å². The minimum Gasteiger partial charge on any atom is -0.494 e. The van der Waals surface area contributed by atoms with Crippen LogP contribution >= 0.6 is 15.9 Å². The number of carbonyl (C=O) groups excluding carboxylic acids is 1. The number of carbonyl (C=O) groups is 1. The fraction of sp³-hybridized carbons (Fsp3) is 0.385. The normalized spacial score (nSPS) is 11.4. The highest BCUT2D eigenvalue weighted by atomic mass is 79.9. The molecule has 0 fully saturated rings. The number of aliphatic hydroxyl groups excluding tert-OH is 1. The van der Waals surface area contributed by atoms with Crippen molar-refractivity contribution in [1.82, 2.24) is 0 Å². The maximum atomic E-state index is 13.6. The molecular weight excluding hydrogens is 303 g/mol. The molecular formula is C13H15BrFO3. The third-order valence-corrected chi connectivity index (χ3v) is 3.35. The summed E-state index contributed by atoms with van der Waals surface area (Å²) in [4.78, 5) is 12.2. The van der Waals surface area contributed by atoms with Gasteiger partial charge in [-0.3, -0.25) is 4.79 Å². The lowest BCUT2D eigenvalue weighted by atomic mass is 9.81. The first kappa shape index (κ1) is 15.1. The third kappa shape index (κ3) is 3.09. The van der Waals surface area contributed by atoms with Crippen LogP contribution in [0.3, 0.4) is 0 Å². The van der Waals surface area contributed by atoms with Crippen molar-refractivity contribution in [1.29, 1.82) is 0 Å². The molecule has 0 saturated carbocycles. The fourth-order valence-corrected chi connectivity index (χ4v) is 2.05. The molecule has 0 aliphatic carbocycles. The van der Waals surface area contributed by atoms with Crippen LogP contribution in [0.4, 0.5) is 4.39 Å². The molecule has 1 radical (unpaired) electrons. The van der Waals surface area contributed by atoms with Gasteiger partial charge in [0, 0.05) is 22.1 Å². The molecule has 3 nitrogen and oxygen atoms in total. The van der Waals surface area contributed by atoms with Gasteiger partial charge in [-0.2, -0.15) is 0 Å². The summed E-state index contributed by atoms with van der Waals surface area (Å²) in [6.45, 7) is 5.23. The van der Waals surface area contributed by atoms with Gasteiger partial charge >= 0.3 is 0 Å². The van der Waals surface area contributed by atoms with E-state index >= 15 is 0 Å². The smallest absolute Gasteiger partial charge is 0.170 e. The van der Waals surface area contributed by atoms with Gasteiger partial charge in [-0.1, -0.05) is 6.92 Å². The number of hydrogen-bond donors (Lipinski definition) is 1. The molecule has 0 aliphatic rings. The van der Waals surface area contributed by atoms with Crippen LogP contribution in [-0.4, -0.2) is 24.6 Å². The van der Waals surface area contributed by atoms with Crippen LogP contribution in [-0.2, 0) is 0 Å². The van der Waals surface area contributed by atoms with E-state index in [1.807, 2.05) is 0 Å². The van der Waals surface area contributed by atoms with Crippen molar-refractivity contribution in [3.05, 3.63) is 34.9 Å². The first-order valence-corrected chi connectivity index (χ1v) is 6.17. The number of ketones is 1. The van der Waals surface area contributed by atoms with Crippen LogP contribution in [0, 0.1) is 18.2 Å². The van der Waals surface area contributed by atoms with Crippen LogP contribution in [0.1, 0.15) is 23.7 Å². The van der Waals surface area contributed by atoms with Crippen molar-refractivity contribution in [3.8, 4) is 5.75 Å². The largest absolute Gasteiger partial charge is 0.494 e. The van der Waals surface area contributed by atoms with Crippen molar-refractivity contribution in [2.24, 2.45) is 5.41 Å². The monoisotopic (exact) mass is 317 g/mol. The van der Waals surface area contributed by atoms with Crippen molar-refractivity contribution >= 4 is 21.7 Å². The number of benzene rings is 1. The van der Waals surface area contributed by atoms with Crippen molar-refractivity contribution in [3.63, 3.8) is 0 Å². The van der Waals surface area contributed by atoms with E-state index in [-0.39, 0.29) is 30.1 Å². The predicted molar refractivity (Wildman–Crippen MR) is 70.1 cm³/mol. The Morgan fingerprint density at radius 3 is 2.72 bits per heavy atom. The lowest BCUT2D eigenvalue weighted by Gasteiger charge is -2.22. The fourth-order valence-electron chi connectivity index (χ4n) is 1.54. The van der Waals surface area contributed by atoms with Gasteiger partial charge in [-0.05, 0) is 41.4 Å². The van der Waals surface area contributed by atoms with Gasteiger partial charge in [0.25, 0.3) is 0 Å². The molecule has 0 saturated heterocycles. The molecule has 1 aromatic rings. The number of hydrogen-bond acceptors (Lipinski definition) is 3. The number of rotatable bonds is 5. The highest BCUT2D eigenvalue weighted by Crippen LogP contribution is 2.32. The molecule has 1 N–H and O–H groups in total. The summed E-state index contributed by atoms with van der Waals surface area (Å²) in [5, 5.41) is 8.91. The van der Waals surface area contributed by atoms with E-state index in [0.717, 1.165) is 6.07 Å². The molecule has 0 heterocycles. The molecule has 0 aliphatic heterocycles. The Labute approximate surface area is 114 Å². The summed E-state index contributed by atoms with van der Waals surface area (Å²) in [6, 6.07) is 2.52. The molecule has 18 heavy (non-hydrogen) atoms. The molecule has 1 aromatic carbocycles. The Bertz CT molecular complexity index is 458. The van der Waals surface area contributed by atoms with Crippen LogP contribution < -0.4 is 4.74 Å². The molecule has 5 heteroatoms. The van der Waals surface area contributed by atoms with E-state index < -0.39 is 11.2 Å². The standard InChI is InChI=1S/C13H15BrFO3/c1-13(2,4-5-16)12(17)8-6-10(15)11(18-3)7-9(8)14/h6-7,16H,1,4-5H2,2-3H3/t13-/m0/s1. The Morgan fingerprint density at radius 1 is 1.61 bits per heavy atom. The molecule has 0 spiro atoms. The Hall–Kier alpha value is -0.940. The van der Waals surface area contributed by atoms with Gasteiger partial charge in [0.05, 0.1) is 7.11 Å². The van der Waals surface area contributed by atoms with Crippen LogP contribution in [0.2, 0.25) is 0 Å². The van der Waals surface area contributed by atoms with Crippen molar-refractivity contribution < 1.29 is 19.0 Å². The zero-order chi connectivity index (χ0) is 13.9. The number of halogens is 2. The minimum absolute atomic E-state index is 0.0614. The average molecular weight is 318 g/mol. The number of methoxy groups -OCH3 is 1. The lowest BCUT2D eigenvalue weighted by Crippen LogP contribution is -2.26. The number of aliphatic hydroxyl groups is 1. The summed E-state index contributed by atoms with van der Waals surface area (Å²) in [6.07, 6.45) is 0.214. The van der Waals surface area contributed by atoms with Crippen LogP contribution in [0.5, 0.6) is 5.75 Å². The second-order valence-electron chi connectivity index (χ2n) is 4.33. The van der Waals surface area contributed by atoms with Crippen LogP contribution in [0.15, 0.2) is 16.6 Å². The maximum absolute atomic E-state index is 13.6. The van der Waals surface area contributed by atoms with Crippen LogP contribution in [0.25, 0.3) is 0 Å². The zero-order valence-electron chi connectivity index (χ0n) is 10.3. The van der Waals surface area contributed by atoms with Gasteiger partial charge in [-0.25, -0.2) is 4.39 Å². The topological polar surface area (TPSA) is 46.5 Å². The van der Waals surface area contributed by atoms with E-state index in [2.05, 4.69) is 22.9 Å². The van der Waals surface area contributed by atoms with Gasteiger partial charge in [0.2, 0.25) is 0 Å². The quantitative estimate of drug-likeness (QED) is 0.849. The molecule has 1 rings (SSSR count). The molecule has 0 unspecified atom stereocenters. The highest BCUT2D eigenvalue weighted by Gasteiger charge is 2.30. The van der Waals surface area contributed by atoms with E-state index in [9.17, 15) is 9.18 Å². The van der Waals surface area contributed by atoms with E-state index in [1.165, 1.54) is 13.2 Å². The molecule has 0 amide bonds. The van der Waals surface area contributed by atoms with Crippen molar-refractivity contribution in [2.75, 3.05) is 13.7 Å². The van der Waals surface area contributed by atoms with E-state index in [0.29, 0.717) is 4.47 Å². The van der Waals surface area contributed by atoms with Gasteiger partial charge in [0.15, 0.2) is 17.3 Å². The minimum atomic E-state index is -0.988. The van der Waals surface area contributed by atoms with E-state index in [4.69, 9.17) is 9.84 Å². The molecule has 99 valence electrons. The number of Topliss-reactive ketones (excluding diaryl/α,β-unsaturated/α-hetero) is 1. The Kier molecular flexibility index (Phi) is 4.87. The summed E-state index contributed by atoms with van der Waals surface area (Å²) in [5.41, 5.74) is -0.794. The predicted octanol–water partition coefficient (Wildman–Crippen LogP) is 3.00. The molecule has 0 aromatic heterocycles. The maximum Gasteiger partial charge on any atom is 0.170 e. The first-order chi connectivity index (χ1) is 8.33. The third-order valence-electron chi connectivity index (χ3n) is 2.70. The average Bonchev–Trinajstić information content (AvgIpc) is 2.30. The second-order valence-corrected chi connectivity index (χ2v) is 5.18. The zero-order valence-corrected chi connectivity index (χ0v) is 11.9. The number of ether oxygens (including phenoxy) is 1. The Morgan fingerprint density at radius 2 is 2.22 bits per heavy atom. The summed E-state index contributed by atoms with van der Waals surface area (Å²) in [7, 11) is 1.35. The first-order valence-electron chi connectivity index (χ1n) is 5.37. The van der Waals surface area contributed by atoms with Gasteiger partial charge in [-0.15, -0.1) is 0 Å².